The molecule has 10 nitrogen and oxygen atoms in total. The Labute approximate surface area is 185 Å². The lowest BCUT2D eigenvalue weighted by molar-refractivity contribution is -0.142. The minimum Gasteiger partial charge on any atom is -0.508 e. The topological polar surface area (TPSA) is 162 Å². The van der Waals surface area contributed by atoms with Crippen molar-refractivity contribution in [1.29, 1.82) is 0 Å². The molecule has 1 aliphatic rings. The van der Waals surface area contributed by atoms with Crippen LogP contribution in [0.5, 0.6) is 5.75 Å². The highest BCUT2D eigenvalue weighted by atomic mass is 32.1. The smallest absolute Gasteiger partial charge is 0.325 e. The van der Waals surface area contributed by atoms with Gasteiger partial charge in [0.15, 0.2) is 0 Å². The summed E-state index contributed by atoms with van der Waals surface area (Å²) in [6.07, 6.45) is 1.29. The summed E-state index contributed by atoms with van der Waals surface area (Å²) < 4.78 is 0. The molecule has 170 valence electrons. The van der Waals surface area contributed by atoms with Gasteiger partial charge >= 0.3 is 5.97 Å². The Kier molecular flexibility index (Phi) is 8.69. The minimum absolute atomic E-state index is 0.0368. The van der Waals surface area contributed by atoms with Gasteiger partial charge in [-0.05, 0) is 43.9 Å². The number of hydrogen-bond acceptors (Lipinski definition) is 7. The fraction of sp³-hybridized carbons (Fsp3) is 0.500. The Morgan fingerprint density at radius 2 is 1.87 bits per heavy atom. The molecule has 1 fully saturated rings. The first kappa shape index (κ1) is 24.5. The number of amides is 3. The summed E-state index contributed by atoms with van der Waals surface area (Å²) >= 11 is 4.06. The van der Waals surface area contributed by atoms with Crippen LogP contribution in [0.25, 0.3) is 0 Å². The molecule has 4 unspecified atom stereocenters. The van der Waals surface area contributed by atoms with E-state index < -0.39 is 42.0 Å². The summed E-state index contributed by atoms with van der Waals surface area (Å²) in [5, 5.41) is 23.1. The first-order valence-corrected chi connectivity index (χ1v) is 10.6. The summed E-state index contributed by atoms with van der Waals surface area (Å²) in [6, 6.07) is 2.56. The van der Waals surface area contributed by atoms with E-state index in [-0.39, 0.29) is 23.8 Å². The number of nitrogens with two attached hydrogens (primary N) is 1. The van der Waals surface area contributed by atoms with Crippen LogP contribution in [0, 0.1) is 0 Å². The van der Waals surface area contributed by atoms with Crippen LogP contribution in [0.15, 0.2) is 24.3 Å². The predicted molar refractivity (Wildman–Crippen MR) is 116 cm³/mol. The molecular weight excluding hydrogens is 424 g/mol. The third kappa shape index (κ3) is 6.59. The van der Waals surface area contributed by atoms with Crippen molar-refractivity contribution < 1.29 is 29.4 Å². The Hall–Kier alpha value is -2.79. The number of carbonyl (C=O) groups is 4. The number of carboxylic acid groups (broad SMARTS) is 1. The molecule has 0 bridgehead atoms. The predicted octanol–water partition coefficient (Wildman–Crippen LogP) is -0.743. The van der Waals surface area contributed by atoms with E-state index in [2.05, 4.69) is 23.3 Å². The van der Waals surface area contributed by atoms with Crippen LogP contribution < -0.4 is 16.4 Å². The highest BCUT2D eigenvalue weighted by molar-refractivity contribution is 7.80. The maximum atomic E-state index is 12.9. The summed E-state index contributed by atoms with van der Waals surface area (Å²) in [7, 11) is 0. The zero-order valence-electron chi connectivity index (χ0n) is 17.2. The van der Waals surface area contributed by atoms with Crippen molar-refractivity contribution in [3.63, 3.8) is 0 Å². The fourth-order valence-electron chi connectivity index (χ4n) is 3.33. The Balaban J connectivity index is 1.99. The maximum absolute atomic E-state index is 12.9. The summed E-state index contributed by atoms with van der Waals surface area (Å²) in [6.45, 7) is 1.68. The lowest BCUT2D eigenvalue weighted by Crippen LogP contribution is -2.57. The Morgan fingerprint density at radius 3 is 2.45 bits per heavy atom. The van der Waals surface area contributed by atoms with E-state index in [1.807, 2.05) is 0 Å². The van der Waals surface area contributed by atoms with E-state index in [0.29, 0.717) is 19.4 Å². The van der Waals surface area contributed by atoms with Gasteiger partial charge < -0.3 is 31.5 Å². The Bertz CT molecular complexity index is 818. The molecule has 1 aliphatic heterocycles. The van der Waals surface area contributed by atoms with E-state index in [9.17, 15) is 24.3 Å². The van der Waals surface area contributed by atoms with E-state index in [4.69, 9.17) is 10.8 Å². The number of hydrogen-bond donors (Lipinski definition) is 6. The number of carbonyl (C=O) groups excluding carboxylic acids is 3. The third-order valence-electron chi connectivity index (χ3n) is 5.09. The Morgan fingerprint density at radius 1 is 1.23 bits per heavy atom. The van der Waals surface area contributed by atoms with E-state index in [1.165, 1.54) is 24.0 Å². The number of nitrogens with one attached hydrogen (secondary N) is 2. The number of carboxylic acids is 1. The van der Waals surface area contributed by atoms with Gasteiger partial charge in [-0.2, -0.15) is 12.6 Å². The number of aromatic hydroxyl groups is 1. The van der Waals surface area contributed by atoms with Crippen molar-refractivity contribution in [1.82, 2.24) is 15.5 Å². The van der Waals surface area contributed by atoms with Gasteiger partial charge in [0.2, 0.25) is 17.7 Å². The van der Waals surface area contributed by atoms with Crippen molar-refractivity contribution in [2.24, 2.45) is 5.73 Å². The molecule has 0 radical (unpaired) electrons. The number of thiol groups is 1. The first-order chi connectivity index (χ1) is 14.6. The van der Waals surface area contributed by atoms with Crippen molar-refractivity contribution in [2.75, 3.05) is 12.3 Å². The van der Waals surface area contributed by atoms with Crippen molar-refractivity contribution in [2.45, 2.75) is 50.4 Å². The van der Waals surface area contributed by atoms with E-state index >= 15 is 0 Å². The first-order valence-electron chi connectivity index (χ1n) is 9.92. The van der Waals surface area contributed by atoms with Gasteiger partial charge in [0.05, 0.1) is 6.04 Å². The molecule has 4 atom stereocenters. The van der Waals surface area contributed by atoms with Crippen LogP contribution in [-0.2, 0) is 25.6 Å². The molecule has 0 saturated carbocycles. The van der Waals surface area contributed by atoms with Crippen LogP contribution in [0.2, 0.25) is 0 Å². The lowest BCUT2D eigenvalue weighted by atomic mass is 10.0. The molecule has 1 aromatic carbocycles. The third-order valence-corrected chi connectivity index (χ3v) is 5.46. The average Bonchev–Trinajstić information content (AvgIpc) is 3.22. The highest BCUT2D eigenvalue weighted by Crippen LogP contribution is 2.20. The number of phenolic OH excluding ortho intramolecular Hbond substituents is 1. The quantitative estimate of drug-likeness (QED) is 0.269. The molecule has 31 heavy (non-hydrogen) atoms. The zero-order chi connectivity index (χ0) is 23.1. The minimum atomic E-state index is -1.20. The van der Waals surface area contributed by atoms with Gasteiger partial charge in [-0.3, -0.25) is 19.2 Å². The monoisotopic (exact) mass is 452 g/mol. The number of rotatable bonds is 9. The second-order valence-corrected chi connectivity index (χ2v) is 7.84. The number of benzene rings is 1. The zero-order valence-corrected chi connectivity index (χ0v) is 18.0. The lowest BCUT2D eigenvalue weighted by Gasteiger charge is -2.28. The average molecular weight is 453 g/mol. The van der Waals surface area contributed by atoms with Gasteiger partial charge in [-0.25, -0.2) is 0 Å². The molecule has 0 spiro atoms. The summed E-state index contributed by atoms with van der Waals surface area (Å²) in [5.74, 6) is -2.69. The SMILES string of the molecule is CC(NC(=O)C(CS)NC(=O)C1CCCN1C(=O)C(N)Cc1ccc(O)cc1)C(=O)O. The van der Waals surface area contributed by atoms with Gasteiger partial charge in [-0.1, -0.05) is 12.1 Å². The van der Waals surface area contributed by atoms with E-state index in [0.717, 1.165) is 5.56 Å². The standard InChI is InChI=1S/C20H28N4O6S/c1-11(20(29)30)22-17(26)15(10-31)23-18(27)16-3-2-8-24(16)19(28)14(21)9-12-4-6-13(25)7-5-12/h4-7,11,14-16,25,31H,2-3,8-10,21H2,1H3,(H,22,26)(H,23,27)(H,29,30). The van der Waals surface area contributed by atoms with Crippen molar-refractivity contribution in [3.8, 4) is 5.75 Å². The molecule has 1 heterocycles. The van der Waals surface area contributed by atoms with Crippen LogP contribution >= 0.6 is 12.6 Å². The van der Waals surface area contributed by atoms with Crippen LogP contribution in [-0.4, -0.2) is 75.3 Å². The maximum Gasteiger partial charge on any atom is 0.325 e. The van der Waals surface area contributed by atoms with Crippen molar-refractivity contribution >= 4 is 36.3 Å². The molecular formula is C20H28N4O6S. The van der Waals surface area contributed by atoms with Crippen LogP contribution in [0.4, 0.5) is 0 Å². The largest absolute Gasteiger partial charge is 0.508 e. The second-order valence-electron chi connectivity index (χ2n) is 7.48. The molecule has 6 N–H and O–H groups in total. The fourth-order valence-corrected chi connectivity index (χ4v) is 3.58. The van der Waals surface area contributed by atoms with Gasteiger partial charge in [0.25, 0.3) is 0 Å². The van der Waals surface area contributed by atoms with Crippen LogP contribution in [0.1, 0.15) is 25.3 Å². The number of likely N-dealkylation sites (tertiary alicyclic amines) is 1. The highest BCUT2D eigenvalue weighted by Gasteiger charge is 2.37. The number of nitrogens with zero attached hydrogens (tertiary/aromatic N) is 1. The molecule has 0 aromatic heterocycles. The molecule has 3 amide bonds. The van der Waals surface area contributed by atoms with E-state index in [1.54, 1.807) is 12.1 Å². The van der Waals surface area contributed by atoms with Crippen LogP contribution in [0.3, 0.4) is 0 Å². The summed E-state index contributed by atoms with van der Waals surface area (Å²) in [4.78, 5) is 50.2. The molecule has 0 aliphatic carbocycles. The number of phenols is 1. The van der Waals surface area contributed by atoms with Gasteiger partial charge in [0, 0.05) is 12.3 Å². The summed E-state index contributed by atoms with van der Waals surface area (Å²) in [5.41, 5.74) is 6.85. The molecule has 1 saturated heterocycles. The molecule has 2 rings (SSSR count). The molecule has 11 heteroatoms. The number of aliphatic carboxylic acids is 1. The van der Waals surface area contributed by atoms with Crippen molar-refractivity contribution in [3.05, 3.63) is 29.8 Å². The molecule has 1 aromatic rings. The normalized spacial score (nSPS) is 18.7. The van der Waals surface area contributed by atoms with Gasteiger partial charge in [0.1, 0.15) is 23.9 Å². The van der Waals surface area contributed by atoms with Gasteiger partial charge in [-0.15, -0.1) is 0 Å². The second kappa shape index (κ2) is 11.0.